The number of amides is 2. The number of benzene rings is 1. The van der Waals surface area contributed by atoms with Crippen LogP contribution in [0.5, 0.6) is 11.5 Å². The van der Waals surface area contributed by atoms with Crippen molar-refractivity contribution in [2.45, 2.75) is 39.7 Å². The summed E-state index contributed by atoms with van der Waals surface area (Å²) in [4.78, 5) is 31.0. The predicted octanol–water partition coefficient (Wildman–Crippen LogP) is 2.10. The van der Waals surface area contributed by atoms with E-state index in [-0.39, 0.29) is 18.6 Å². The first-order chi connectivity index (χ1) is 13.6. The van der Waals surface area contributed by atoms with Crippen LogP contribution in [0.25, 0.3) is 0 Å². The van der Waals surface area contributed by atoms with E-state index in [1.165, 1.54) is 0 Å². The first-order valence-corrected chi connectivity index (χ1v) is 10.3. The quantitative estimate of drug-likeness (QED) is 0.669. The van der Waals surface area contributed by atoms with Crippen molar-refractivity contribution in [3.05, 3.63) is 23.8 Å². The zero-order valence-electron chi connectivity index (χ0n) is 17.0. The monoisotopic (exact) mass is 389 g/mol. The Labute approximate surface area is 167 Å². The molecule has 0 aromatic heterocycles. The van der Waals surface area contributed by atoms with Gasteiger partial charge in [0.2, 0.25) is 6.79 Å². The van der Waals surface area contributed by atoms with E-state index < -0.39 is 0 Å². The van der Waals surface area contributed by atoms with Crippen molar-refractivity contribution < 1.29 is 19.1 Å². The molecule has 2 aliphatic heterocycles. The molecule has 0 atom stereocenters. The fourth-order valence-corrected chi connectivity index (χ4v) is 3.61. The first-order valence-electron chi connectivity index (χ1n) is 10.3. The van der Waals surface area contributed by atoms with E-state index in [4.69, 9.17) is 9.47 Å². The third-order valence-corrected chi connectivity index (χ3v) is 5.25. The van der Waals surface area contributed by atoms with E-state index in [9.17, 15) is 9.59 Å². The Morgan fingerprint density at radius 3 is 2.46 bits per heavy atom. The Bertz CT molecular complexity index is 686. The summed E-state index contributed by atoms with van der Waals surface area (Å²) in [5.74, 6) is 0.879. The molecule has 0 bridgehead atoms. The molecule has 0 N–H and O–H groups in total. The summed E-state index contributed by atoms with van der Waals surface area (Å²) in [5, 5.41) is 0. The molecular formula is C21H31N3O4. The second-order valence-electron chi connectivity index (χ2n) is 7.40. The van der Waals surface area contributed by atoms with E-state index in [0.717, 1.165) is 56.0 Å². The highest BCUT2D eigenvalue weighted by Gasteiger charge is 2.29. The molecule has 154 valence electrons. The summed E-state index contributed by atoms with van der Waals surface area (Å²) in [7, 11) is 0. The smallest absolute Gasteiger partial charge is 0.312 e. The fraction of sp³-hybridized carbons (Fsp3) is 0.619. The highest BCUT2D eigenvalue weighted by atomic mass is 16.7. The van der Waals surface area contributed by atoms with Gasteiger partial charge in [-0.3, -0.25) is 14.5 Å². The van der Waals surface area contributed by atoms with Gasteiger partial charge in [-0.25, -0.2) is 0 Å². The summed E-state index contributed by atoms with van der Waals surface area (Å²) in [6, 6.07) is 6.00. The van der Waals surface area contributed by atoms with Crippen LogP contribution in [-0.2, 0) is 16.1 Å². The molecule has 1 aromatic carbocycles. The summed E-state index contributed by atoms with van der Waals surface area (Å²) < 4.78 is 10.8. The Morgan fingerprint density at radius 1 is 1.00 bits per heavy atom. The summed E-state index contributed by atoms with van der Waals surface area (Å²) in [5.41, 5.74) is 1.16. The van der Waals surface area contributed by atoms with Crippen LogP contribution in [-0.4, -0.2) is 72.6 Å². The average Bonchev–Trinajstić information content (AvgIpc) is 3.18. The number of carbonyl (C=O) groups excluding carboxylic acids is 2. The molecule has 1 fully saturated rings. The second kappa shape index (κ2) is 9.78. The summed E-state index contributed by atoms with van der Waals surface area (Å²) in [6.07, 6.45) is 2.81. The average molecular weight is 389 g/mol. The minimum atomic E-state index is -0.354. The van der Waals surface area contributed by atoms with Gasteiger partial charge in [0.15, 0.2) is 11.5 Å². The highest BCUT2D eigenvalue weighted by molar-refractivity contribution is 6.34. The molecule has 1 saturated heterocycles. The Kier molecular flexibility index (Phi) is 7.14. The maximum Gasteiger partial charge on any atom is 0.312 e. The number of piperazine rings is 1. The molecule has 0 spiro atoms. The molecule has 2 aliphatic rings. The number of ether oxygens (including phenoxy) is 2. The number of rotatable bonds is 7. The lowest BCUT2D eigenvalue weighted by atomic mass is 10.1. The van der Waals surface area contributed by atoms with Crippen molar-refractivity contribution in [3.63, 3.8) is 0 Å². The molecule has 0 aliphatic carbocycles. The third-order valence-electron chi connectivity index (χ3n) is 5.25. The zero-order valence-corrected chi connectivity index (χ0v) is 17.0. The van der Waals surface area contributed by atoms with Crippen LogP contribution in [0, 0.1) is 0 Å². The van der Waals surface area contributed by atoms with Crippen LogP contribution >= 0.6 is 0 Å². The Hall–Kier alpha value is -2.28. The van der Waals surface area contributed by atoms with E-state index in [1.54, 1.807) is 9.80 Å². The Morgan fingerprint density at radius 2 is 1.75 bits per heavy atom. The van der Waals surface area contributed by atoms with Crippen LogP contribution in [0.3, 0.4) is 0 Å². The molecule has 0 saturated carbocycles. The van der Waals surface area contributed by atoms with Gasteiger partial charge in [-0.15, -0.1) is 0 Å². The van der Waals surface area contributed by atoms with Crippen molar-refractivity contribution in [2.75, 3.05) is 46.1 Å². The molecule has 28 heavy (non-hydrogen) atoms. The van der Waals surface area contributed by atoms with Crippen LogP contribution in [0.1, 0.15) is 38.7 Å². The van der Waals surface area contributed by atoms with Crippen molar-refractivity contribution in [2.24, 2.45) is 0 Å². The van der Waals surface area contributed by atoms with Crippen molar-refractivity contribution in [1.82, 2.24) is 14.7 Å². The maximum absolute atomic E-state index is 12.7. The molecule has 0 radical (unpaired) electrons. The molecule has 0 unspecified atom stereocenters. The lowest BCUT2D eigenvalue weighted by Gasteiger charge is -2.35. The van der Waals surface area contributed by atoms with Crippen molar-refractivity contribution in [1.29, 1.82) is 0 Å². The topological polar surface area (TPSA) is 62.3 Å². The van der Waals surface area contributed by atoms with E-state index >= 15 is 0 Å². The van der Waals surface area contributed by atoms with Gasteiger partial charge in [-0.2, -0.15) is 0 Å². The Balaban J connectivity index is 1.50. The highest BCUT2D eigenvalue weighted by Crippen LogP contribution is 2.32. The third kappa shape index (κ3) is 4.95. The van der Waals surface area contributed by atoms with Gasteiger partial charge < -0.3 is 19.3 Å². The van der Waals surface area contributed by atoms with Gasteiger partial charge in [0.1, 0.15) is 0 Å². The summed E-state index contributed by atoms with van der Waals surface area (Å²) >= 11 is 0. The number of nitrogens with zero attached hydrogens (tertiary/aromatic N) is 3. The lowest BCUT2D eigenvalue weighted by molar-refractivity contribution is -0.153. The standard InChI is InChI=1S/C21H31N3O4/c1-3-5-9-23(8-4-2)20(25)21(26)24-12-10-22(11-13-24)15-17-6-7-18-19(14-17)28-16-27-18/h6-7,14H,3-5,8-13,15-16H2,1-2H3. The minimum absolute atomic E-state index is 0.279. The lowest BCUT2D eigenvalue weighted by Crippen LogP contribution is -2.53. The number of fused-ring (bicyclic) bond motifs is 1. The van der Waals surface area contributed by atoms with Crippen LogP contribution in [0.4, 0.5) is 0 Å². The van der Waals surface area contributed by atoms with Gasteiger partial charge in [-0.1, -0.05) is 26.3 Å². The molecule has 7 heteroatoms. The first kappa shape index (κ1) is 20.5. The van der Waals surface area contributed by atoms with E-state index in [2.05, 4.69) is 11.8 Å². The van der Waals surface area contributed by atoms with Crippen LogP contribution < -0.4 is 9.47 Å². The second-order valence-corrected chi connectivity index (χ2v) is 7.40. The minimum Gasteiger partial charge on any atom is -0.454 e. The number of unbranched alkanes of at least 4 members (excludes halogenated alkanes) is 1. The van der Waals surface area contributed by atoms with Crippen molar-refractivity contribution >= 4 is 11.8 Å². The zero-order chi connectivity index (χ0) is 19.9. The van der Waals surface area contributed by atoms with Gasteiger partial charge >= 0.3 is 11.8 Å². The largest absolute Gasteiger partial charge is 0.454 e. The molecule has 7 nitrogen and oxygen atoms in total. The molecule has 2 heterocycles. The molecule has 3 rings (SSSR count). The van der Waals surface area contributed by atoms with Crippen molar-refractivity contribution in [3.8, 4) is 11.5 Å². The number of carbonyl (C=O) groups is 2. The SMILES string of the molecule is CCCCN(CCC)C(=O)C(=O)N1CCN(Cc2ccc3c(c2)OCO3)CC1. The predicted molar refractivity (Wildman–Crippen MR) is 106 cm³/mol. The van der Waals surface area contributed by atoms with E-state index in [1.807, 2.05) is 25.1 Å². The summed E-state index contributed by atoms with van der Waals surface area (Å²) in [6.45, 7) is 9.21. The molecular weight excluding hydrogens is 358 g/mol. The fourth-order valence-electron chi connectivity index (χ4n) is 3.61. The maximum atomic E-state index is 12.7. The molecule has 1 aromatic rings. The van der Waals surface area contributed by atoms with Gasteiger partial charge in [0.25, 0.3) is 0 Å². The van der Waals surface area contributed by atoms with Crippen LogP contribution in [0.15, 0.2) is 18.2 Å². The van der Waals surface area contributed by atoms with Gasteiger partial charge in [0.05, 0.1) is 0 Å². The van der Waals surface area contributed by atoms with Crippen LogP contribution in [0.2, 0.25) is 0 Å². The van der Waals surface area contributed by atoms with Gasteiger partial charge in [-0.05, 0) is 30.5 Å². The number of hydrogen-bond donors (Lipinski definition) is 0. The molecule has 2 amide bonds. The van der Waals surface area contributed by atoms with Gasteiger partial charge in [0, 0.05) is 45.8 Å². The number of hydrogen-bond acceptors (Lipinski definition) is 5. The van der Waals surface area contributed by atoms with E-state index in [0.29, 0.717) is 26.2 Å². The normalized spacial score (nSPS) is 16.3.